The van der Waals surface area contributed by atoms with Crippen molar-refractivity contribution in [2.75, 3.05) is 20.1 Å². The number of benzene rings is 1. The summed E-state index contributed by atoms with van der Waals surface area (Å²) in [7, 11) is 1.53. The van der Waals surface area contributed by atoms with E-state index in [1.54, 1.807) is 12.1 Å². The van der Waals surface area contributed by atoms with E-state index in [2.05, 4.69) is 71.3 Å². The Hall–Kier alpha value is -4.94. The van der Waals surface area contributed by atoms with Gasteiger partial charge in [-0.05, 0) is 89.0 Å². The van der Waals surface area contributed by atoms with Crippen LogP contribution in [0.4, 0.5) is 4.79 Å². The highest BCUT2D eigenvalue weighted by molar-refractivity contribution is 5.95. The molecule has 7 unspecified atom stereocenters. The minimum absolute atomic E-state index is 0.0163. The largest absolute Gasteiger partial charge is 0.447 e. The molecule has 8 atom stereocenters. The van der Waals surface area contributed by atoms with Crippen molar-refractivity contribution < 1.29 is 33.5 Å². The molecule has 0 aromatic heterocycles. The van der Waals surface area contributed by atoms with Crippen LogP contribution in [0.5, 0.6) is 0 Å². The number of hydrogen-bond acceptors (Lipinski definition) is 7. The van der Waals surface area contributed by atoms with Gasteiger partial charge in [0.05, 0.1) is 6.04 Å². The Morgan fingerprint density at radius 3 is 1.94 bits per heavy atom. The second-order valence-corrected chi connectivity index (χ2v) is 15.5. The van der Waals surface area contributed by atoms with Crippen LogP contribution >= 0.6 is 0 Å². The number of allylic oxidation sites excluding steroid dienone is 4. The fourth-order valence-corrected chi connectivity index (χ4v) is 6.40. The van der Waals surface area contributed by atoms with Gasteiger partial charge in [-0.25, -0.2) is 4.79 Å². The summed E-state index contributed by atoms with van der Waals surface area (Å²) in [5, 5.41) is 13.6. The van der Waals surface area contributed by atoms with Gasteiger partial charge in [-0.2, -0.15) is 0 Å². The van der Waals surface area contributed by atoms with Gasteiger partial charge in [-0.3, -0.25) is 24.0 Å². The van der Waals surface area contributed by atoms with Crippen LogP contribution in [0.15, 0.2) is 66.8 Å². The number of ether oxygens (including phenoxy) is 1. The maximum Gasteiger partial charge on any atom is 0.407 e. The summed E-state index contributed by atoms with van der Waals surface area (Å²) in [6, 6.07) is 7.60. The molecule has 5 N–H and O–H groups in total. The summed E-state index contributed by atoms with van der Waals surface area (Å²) in [5.41, 5.74) is 1.11. The molecule has 0 bridgehead atoms. The number of carbonyl (C=O) groups excluding carboxylic acids is 6. The van der Waals surface area contributed by atoms with Gasteiger partial charge in [-0.15, -0.1) is 0 Å². The van der Waals surface area contributed by atoms with Crippen LogP contribution in [0.3, 0.4) is 0 Å². The van der Waals surface area contributed by atoms with Gasteiger partial charge in [0.25, 0.3) is 0 Å². The van der Waals surface area contributed by atoms with E-state index in [9.17, 15) is 28.8 Å². The average molecular weight is 915 g/mol. The van der Waals surface area contributed by atoms with Gasteiger partial charge in [0, 0.05) is 31.8 Å². The Morgan fingerprint density at radius 1 is 0.862 bits per heavy atom. The van der Waals surface area contributed by atoms with E-state index >= 15 is 0 Å². The molecule has 0 fully saturated rings. The first kappa shape index (κ1) is 66.7. The molecular formula is C52H94N6O7. The molecule has 65 heavy (non-hydrogen) atoms. The smallest absolute Gasteiger partial charge is 0.407 e. The van der Waals surface area contributed by atoms with E-state index in [0.717, 1.165) is 37.7 Å². The molecule has 0 spiro atoms. The summed E-state index contributed by atoms with van der Waals surface area (Å²) in [6.07, 6.45) is 15.1. The SMILES string of the molecule is C=C(C(=O)NCC)C(CC(C)C)NC(=O)C([C@H](C)CC)N(C=O)CC.CC.CC.CC.CCC(C)OC(=O)NC(C)C1CC/C=C\C=C/C(C)C1.CNC(=O)C(NC=O)c1ccccc1. The van der Waals surface area contributed by atoms with Gasteiger partial charge < -0.3 is 36.2 Å². The van der Waals surface area contributed by atoms with E-state index in [1.807, 2.05) is 115 Å². The van der Waals surface area contributed by atoms with Gasteiger partial charge in [-0.1, -0.05) is 151 Å². The van der Waals surface area contributed by atoms with Crippen LogP contribution in [0.1, 0.15) is 161 Å². The predicted molar refractivity (Wildman–Crippen MR) is 271 cm³/mol. The number of rotatable bonds is 20. The molecule has 0 heterocycles. The molecule has 13 heteroatoms. The molecule has 6 amide bonds. The van der Waals surface area contributed by atoms with E-state index in [1.165, 1.54) is 11.9 Å². The standard InChI is InChI=1S/C19H35N3O3.C17H29NO2.C10H12N2O2.3C2H6/c1-8-14(6)17(22(10-3)12-23)19(25)21-16(11-13(4)5)15(7)18(24)20-9-2;1-5-14(3)20-17(19)18-15(4)16-11-9-7-6-8-10-13(2)12-16;1-11-10(14)9(12-7-13)8-5-3-2-4-6-8;3*1-2/h12-14,16-17H,7-11H2,1-6H3,(H,20,24)(H,21,25);6-8,10,13-16H,5,9,11-12H2,1-4H3,(H,18,19);2-7,9H,1H3,(H,11,14)(H,12,13);3*1-2H3/b;7-6-,10-8-;;;;/t14-,16?,17?;;;;;/m1...../s1. The van der Waals surface area contributed by atoms with E-state index in [0.29, 0.717) is 49.7 Å². The molecule has 1 aliphatic carbocycles. The molecule has 2 rings (SSSR count). The molecule has 0 saturated carbocycles. The fourth-order valence-electron chi connectivity index (χ4n) is 6.40. The highest BCUT2D eigenvalue weighted by atomic mass is 16.6. The van der Waals surface area contributed by atoms with Crippen molar-refractivity contribution >= 4 is 36.6 Å². The zero-order chi connectivity index (χ0) is 50.9. The lowest BCUT2D eigenvalue weighted by Gasteiger charge is -2.33. The van der Waals surface area contributed by atoms with Crippen LogP contribution in [-0.2, 0) is 28.7 Å². The van der Waals surface area contributed by atoms with Crippen LogP contribution in [0.2, 0.25) is 0 Å². The Bertz CT molecular complexity index is 1470. The predicted octanol–water partition coefficient (Wildman–Crippen LogP) is 9.85. The Labute approximate surface area is 396 Å². The molecule has 374 valence electrons. The fraction of sp³-hybridized carbons (Fsp3) is 0.654. The summed E-state index contributed by atoms with van der Waals surface area (Å²) in [6.45, 7) is 36.8. The van der Waals surface area contributed by atoms with Crippen molar-refractivity contribution in [2.24, 2.45) is 23.7 Å². The summed E-state index contributed by atoms with van der Waals surface area (Å²) in [5.74, 6) is 0.605. The number of nitrogens with zero attached hydrogens (tertiary/aromatic N) is 1. The minimum Gasteiger partial charge on any atom is -0.447 e. The number of nitrogens with one attached hydrogen (secondary N) is 5. The van der Waals surface area contributed by atoms with Crippen LogP contribution < -0.4 is 26.6 Å². The molecule has 0 radical (unpaired) electrons. The van der Waals surface area contributed by atoms with Crippen LogP contribution in [0, 0.1) is 23.7 Å². The molecule has 0 saturated heterocycles. The normalized spacial score (nSPS) is 17.3. The molecule has 0 aliphatic heterocycles. The zero-order valence-electron chi connectivity index (χ0n) is 43.7. The molecule has 1 aromatic rings. The van der Waals surface area contributed by atoms with Gasteiger partial charge in [0.1, 0.15) is 18.2 Å². The third kappa shape index (κ3) is 30.0. The molecule has 1 aliphatic rings. The third-order valence-electron chi connectivity index (χ3n) is 10.3. The van der Waals surface area contributed by atoms with Crippen LogP contribution in [-0.4, -0.2) is 85.9 Å². The second kappa shape index (κ2) is 43.0. The Kier molecular flexibility index (Phi) is 44.1. The highest BCUT2D eigenvalue weighted by Gasteiger charge is 2.32. The Balaban J connectivity index is -0.000000417. The first-order valence-electron chi connectivity index (χ1n) is 24.3. The molecule has 1 aromatic carbocycles. The summed E-state index contributed by atoms with van der Waals surface area (Å²) < 4.78 is 5.29. The number of carbonyl (C=O) groups is 6. The van der Waals surface area contributed by atoms with Gasteiger partial charge in [0.15, 0.2) is 0 Å². The van der Waals surface area contributed by atoms with E-state index in [-0.39, 0.29) is 47.8 Å². The van der Waals surface area contributed by atoms with Crippen molar-refractivity contribution in [3.8, 4) is 0 Å². The average Bonchev–Trinajstić information content (AvgIpc) is 3.43. The van der Waals surface area contributed by atoms with Crippen molar-refractivity contribution in [2.45, 2.75) is 180 Å². The number of alkyl carbamates (subject to hydrolysis) is 1. The topological polar surface area (TPSA) is 175 Å². The summed E-state index contributed by atoms with van der Waals surface area (Å²) in [4.78, 5) is 71.4. The maximum absolute atomic E-state index is 12.9. The molecular weight excluding hydrogens is 821 g/mol. The Morgan fingerprint density at radius 2 is 1.46 bits per heavy atom. The van der Waals surface area contributed by atoms with E-state index in [4.69, 9.17) is 4.74 Å². The number of likely N-dealkylation sites (N-methyl/N-ethyl adjacent to an activating group) is 3. The van der Waals surface area contributed by atoms with Gasteiger partial charge in [0.2, 0.25) is 30.5 Å². The number of amides is 6. The number of hydrogen-bond donors (Lipinski definition) is 5. The van der Waals surface area contributed by atoms with Crippen molar-refractivity contribution in [1.82, 2.24) is 31.5 Å². The first-order valence-corrected chi connectivity index (χ1v) is 24.3. The minimum atomic E-state index is -0.612. The zero-order valence-corrected chi connectivity index (χ0v) is 43.7. The quantitative estimate of drug-likeness (QED) is 0.0639. The monoisotopic (exact) mass is 915 g/mol. The first-order chi connectivity index (χ1) is 31.0. The highest BCUT2D eigenvalue weighted by Crippen LogP contribution is 2.24. The maximum atomic E-state index is 12.9. The van der Waals surface area contributed by atoms with Crippen molar-refractivity contribution in [1.29, 1.82) is 0 Å². The summed E-state index contributed by atoms with van der Waals surface area (Å²) >= 11 is 0. The van der Waals surface area contributed by atoms with Gasteiger partial charge >= 0.3 is 6.09 Å². The molecule has 13 nitrogen and oxygen atoms in total. The van der Waals surface area contributed by atoms with Crippen LogP contribution in [0.25, 0.3) is 0 Å². The lowest BCUT2D eigenvalue weighted by atomic mass is 9.87. The van der Waals surface area contributed by atoms with E-state index < -0.39 is 18.1 Å². The lowest BCUT2D eigenvalue weighted by molar-refractivity contribution is -0.135. The van der Waals surface area contributed by atoms with Crippen molar-refractivity contribution in [3.05, 3.63) is 72.4 Å². The van der Waals surface area contributed by atoms with Crippen molar-refractivity contribution in [3.63, 3.8) is 0 Å². The second-order valence-electron chi connectivity index (χ2n) is 15.5. The lowest BCUT2D eigenvalue weighted by Crippen LogP contribution is -2.53. The third-order valence-corrected chi connectivity index (χ3v) is 10.3.